The second-order valence-electron chi connectivity index (χ2n) is 8.64. The average molecular weight is 405 g/mol. The summed E-state index contributed by atoms with van der Waals surface area (Å²) >= 11 is 0. The number of aromatic nitrogens is 2. The molecule has 2 nitrogen and oxygen atoms in total. The van der Waals surface area contributed by atoms with E-state index in [0.29, 0.717) is 0 Å². The Labute approximate surface area is 184 Å². The molecule has 0 radical (unpaired) electrons. The Morgan fingerprint density at radius 3 is 1.97 bits per heavy atom. The minimum absolute atomic E-state index is 1.23. The maximum Gasteiger partial charge on any atom is 0.220 e. The van der Waals surface area contributed by atoms with Crippen molar-refractivity contribution in [2.24, 2.45) is 0 Å². The summed E-state index contributed by atoms with van der Waals surface area (Å²) in [5.74, 6) is 0. The van der Waals surface area contributed by atoms with Gasteiger partial charge in [0, 0.05) is 55.8 Å². The molecule has 0 fully saturated rings. The summed E-state index contributed by atoms with van der Waals surface area (Å²) in [6.45, 7) is 11.1. The van der Waals surface area contributed by atoms with Crippen LogP contribution in [0.4, 0.5) is 0 Å². The molecule has 0 aliphatic rings. The van der Waals surface area contributed by atoms with Gasteiger partial charge in [0.2, 0.25) is 11.4 Å². The van der Waals surface area contributed by atoms with Crippen molar-refractivity contribution in [2.45, 2.75) is 34.6 Å². The van der Waals surface area contributed by atoms with E-state index in [-0.39, 0.29) is 0 Å². The molecular weight excluding hydrogens is 376 g/mol. The molecular formula is C29H28N2+2. The first-order valence-corrected chi connectivity index (χ1v) is 10.9. The van der Waals surface area contributed by atoms with Gasteiger partial charge in [-0.1, -0.05) is 36.4 Å². The second kappa shape index (κ2) is 7.31. The van der Waals surface area contributed by atoms with E-state index in [9.17, 15) is 0 Å². The number of nitrogens with zero attached hydrogens (tertiary/aromatic N) is 2. The van der Waals surface area contributed by atoms with E-state index < -0.39 is 0 Å². The van der Waals surface area contributed by atoms with Gasteiger partial charge in [-0.05, 0) is 42.3 Å². The summed E-state index contributed by atoms with van der Waals surface area (Å²) in [5, 5.41) is 5.11. The average Bonchev–Trinajstić information content (AvgIpc) is 2.75. The van der Waals surface area contributed by atoms with Crippen LogP contribution in [-0.4, -0.2) is 0 Å². The van der Waals surface area contributed by atoms with Gasteiger partial charge in [0.05, 0.1) is 5.56 Å². The lowest BCUT2D eigenvalue weighted by Crippen LogP contribution is -2.41. The number of rotatable bonds is 2. The molecule has 0 saturated carbocycles. The van der Waals surface area contributed by atoms with E-state index in [1.807, 2.05) is 0 Å². The molecule has 0 atom stereocenters. The number of fused-ring (bicyclic) bond motifs is 2. The Bertz CT molecular complexity index is 1480. The predicted molar refractivity (Wildman–Crippen MR) is 128 cm³/mol. The lowest BCUT2D eigenvalue weighted by molar-refractivity contribution is -0.614. The molecule has 152 valence electrons. The summed E-state index contributed by atoms with van der Waals surface area (Å²) < 4.78 is 4.74. The van der Waals surface area contributed by atoms with Crippen molar-refractivity contribution in [1.82, 2.24) is 0 Å². The molecule has 0 aliphatic carbocycles. The topological polar surface area (TPSA) is 7.76 Å². The highest BCUT2D eigenvalue weighted by atomic mass is 15.0. The maximum absolute atomic E-state index is 2.41. The highest BCUT2D eigenvalue weighted by molar-refractivity contribution is 5.84. The van der Waals surface area contributed by atoms with Crippen molar-refractivity contribution >= 4 is 21.5 Å². The smallest absolute Gasteiger partial charge is 0.164 e. The van der Waals surface area contributed by atoms with E-state index >= 15 is 0 Å². The zero-order valence-electron chi connectivity index (χ0n) is 18.9. The van der Waals surface area contributed by atoms with Gasteiger partial charge in [-0.25, -0.2) is 0 Å². The zero-order valence-corrected chi connectivity index (χ0v) is 18.9. The van der Waals surface area contributed by atoms with Crippen LogP contribution in [0.25, 0.3) is 32.9 Å². The molecule has 3 aromatic carbocycles. The largest absolute Gasteiger partial charge is 0.220 e. The molecule has 0 N–H and O–H groups in total. The molecule has 0 unspecified atom stereocenters. The zero-order chi connectivity index (χ0) is 21.7. The van der Waals surface area contributed by atoms with Crippen LogP contribution < -0.4 is 9.13 Å². The number of hydrogen-bond acceptors (Lipinski definition) is 0. The highest BCUT2D eigenvalue weighted by Gasteiger charge is 2.26. The third kappa shape index (κ3) is 3.19. The van der Waals surface area contributed by atoms with E-state index in [2.05, 4.69) is 123 Å². The third-order valence-electron chi connectivity index (χ3n) is 6.41. The van der Waals surface area contributed by atoms with Gasteiger partial charge in [0.25, 0.3) is 0 Å². The van der Waals surface area contributed by atoms with Gasteiger partial charge in [-0.15, -0.1) is 0 Å². The van der Waals surface area contributed by atoms with Gasteiger partial charge in [-0.2, -0.15) is 9.13 Å². The number of hydrogen-bond donors (Lipinski definition) is 0. The summed E-state index contributed by atoms with van der Waals surface area (Å²) in [4.78, 5) is 0. The Balaban J connectivity index is 1.80. The minimum atomic E-state index is 1.23. The lowest BCUT2D eigenvalue weighted by Gasteiger charge is -2.12. The SMILES string of the molecule is Cc1cc(-[n+]2cc3ccccc3cc2C)c(C)c(-[n+]2c(C)cc3ccccc3c2C)c1. The summed E-state index contributed by atoms with van der Waals surface area (Å²) in [5.41, 5.74) is 8.77. The standard InChI is InChI=1S/C29H28N2/c1-19-14-28(30-18-26-12-7-6-10-24(26)16-20(30)2)22(4)29(15-19)31-21(3)17-25-11-8-9-13-27(25)23(31)5/h6-18H,1-5H3/q+2. The van der Waals surface area contributed by atoms with Crippen molar-refractivity contribution in [3.63, 3.8) is 0 Å². The van der Waals surface area contributed by atoms with E-state index in [4.69, 9.17) is 0 Å². The molecule has 5 aromatic rings. The van der Waals surface area contributed by atoms with Crippen LogP contribution in [0.1, 0.15) is 28.2 Å². The number of benzene rings is 3. The molecule has 2 heterocycles. The van der Waals surface area contributed by atoms with E-state index in [1.165, 1.54) is 61.1 Å². The number of pyridine rings is 2. The van der Waals surface area contributed by atoms with E-state index in [0.717, 1.165) is 0 Å². The fourth-order valence-electron chi connectivity index (χ4n) is 4.86. The van der Waals surface area contributed by atoms with Crippen molar-refractivity contribution in [2.75, 3.05) is 0 Å². The van der Waals surface area contributed by atoms with Gasteiger partial charge < -0.3 is 0 Å². The van der Waals surface area contributed by atoms with Gasteiger partial charge in [-0.3, -0.25) is 0 Å². The van der Waals surface area contributed by atoms with Crippen LogP contribution in [0.2, 0.25) is 0 Å². The van der Waals surface area contributed by atoms with Crippen molar-refractivity contribution in [3.8, 4) is 11.4 Å². The minimum Gasteiger partial charge on any atom is -0.164 e. The summed E-state index contributed by atoms with van der Waals surface area (Å²) in [6, 6.07) is 26.4. The first-order chi connectivity index (χ1) is 14.9. The van der Waals surface area contributed by atoms with Crippen LogP contribution in [0, 0.1) is 34.6 Å². The van der Waals surface area contributed by atoms with Gasteiger partial charge in [0.15, 0.2) is 23.3 Å². The molecule has 2 aromatic heterocycles. The fourth-order valence-corrected chi connectivity index (χ4v) is 4.86. The van der Waals surface area contributed by atoms with Crippen molar-refractivity contribution < 1.29 is 9.13 Å². The van der Waals surface area contributed by atoms with Gasteiger partial charge >= 0.3 is 0 Å². The van der Waals surface area contributed by atoms with Crippen molar-refractivity contribution in [1.29, 1.82) is 0 Å². The van der Waals surface area contributed by atoms with Crippen molar-refractivity contribution in [3.05, 3.63) is 107 Å². The Morgan fingerprint density at radius 1 is 0.581 bits per heavy atom. The predicted octanol–water partition coefficient (Wildman–Crippen LogP) is 6.09. The molecule has 0 amide bonds. The van der Waals surface area contributed by atoms with Crippen LogP contribution >= 0.6 is 0 Å². The summed E-state index contributed by atoms with van der Waals surface area (Å²) in [6.07, 6.45) is 2.26. The van der Waals surface area contributed by atoms with Crippen LogP contribution in [0.15, 0.2) is 79.0 Å². The maximum atomic E-state index is 2.41. The van der Waals surface area contributed by atoms with Crippen LogP contribution in [0.5, 0.6) is 0 Å². The monoisotopic (exact) mass is 404 g/mol. The quantitative estimate of drug-likeness (QED) is 0.315. The molecule has 0 bridgehead atoms. The number of aryl methyl sites for hydroxylation is 4. The molecule has 0 saturated heterocycles. The summed E-state index contributed by atoms with van der Waals surface area (Å²) in [7, 11) is 0. The Kier molecular flexibility index (Phi) is 4.59. The fraction of sp³-hybridized carbons (Fsp3) is 0.172. The second-order valence-corrected chi connectivity index (χ2v) is 8.64. The highest BCUT2D eigenvalue weighted by Crippen LogP contribution is 2.23. The third-order valence-corrected chi connectivity index (χ3v) is 6.41. The van der Waals surface area contributed by atoms with Crippen LogP contribution in [0.3, 0.4) is 0 Å². The first-order valence-electron chi connectivity index (χ1n) is 10.9. The van der Waals surface area contributed by atoms with Gasteiger partial charge in [0.1, 0.15) is 0 Å². The molecule has 0 spiro atoms. The lowest BCUT2D eigenvalue weighted by atomic mass is 10.0. The molecule has 0 aliphatic heterocycles. The Hall–Kier alpha value is -3.52. The normalized spacial score (nSPS) is 11.4. The molecule has 5 rings (SSSR count). The van der Waals surface area contributed by atoms with E-state index in [1.54, 1.807) is 0 Å². The van der Waals surface area contributed by atoms with Crippen LogP contribution in [-0.2, 0) is 0 Å². The first kappa shape index (κ1) is 19.4. The molecule has 2 heteroatoms. The molecule has 31 heavy (non-hydrogen) atoms. The Morgan fingerprint density at radius 2 is 1.19 bits per heavy atom.